The summed E-state index contributed by atoms with van der Waals surface area (Å²) in [6, 6.07) is 17.0. The van der Waals surface area contributed by atoms with Gasteiger partial charge in [-0.15, -0.1) is 0 Å². The fourth-order valence-electron chi connectivity index (χ4n) is 2.95. The molecule has 3 nitrogen and oxygen atoms in total. The lowest BCUT2D eigenvalue weighted by Gasteiger charge is -2.37. The zero-order valence-electron chi connectivity index (χ0n) is 13.7. The maximum Gasteiger partial charge on any atom is 0.173 e. The summed E-state index contributed by atoms with van der Waals surface area (Å²) in [5.41, 5.74) is 4.90. The van der Waals surface area contributed by atoms with Crippen molar-refractivity contribution in [3.8, 4) is 0 Å². The van der Waals surface area contributed by atoms with Gasteiger partial charge in [-0.3, -0.25) is 0 Å². The predicted octanol–water partition coefficient (Wildman–Crippen LogP) is 3.82. The number of hydrogen-bond acceptors (Lipinski definition) is 2. The third kappa shape index (κ3) is 3.82. The molecule has 1 aliphatic heterocycles. The molecule has 0 saturated carbocycles. The molecule has 1 N–H and O–H groups in total. The Morgan fingerprint density at radius 2 is 1.65 bits per heavy atom. The standard InChI is InChI=1S/C19H23N3S/c1-15-8-9-18(16(2)14-15)20-19(23)22-12-10-21(11-13-22)17-6-4-3-5-7-17/h3-9,14H,10-13H2,1-2H3,(H,20,23). The summed E-state index contributed by atoms with van der Waals surface area (Å²) < 4.78 is 0. The van der Waals surface area contributed by atoms with Crippen LogP contribution in [-0.4, -0.2) is 36.2 Å². The maximum atomic E-state index is 5.60. The molecule has 0 aliphatic carbocycles. The molecule has 1 fully saturated rings. The van der Waals surface area contributed by atoms with E-state index in [4.69, 9.17) is 12.2 Å². The molecule has 0 radical (unpaired) electrons. The molecule has 3 rings (SSSR count). The summed E-state index contributed by atoms with van der Waals surface area (Å²) in [5.74, 6) is 0. The first kappa shape index (κ1) is 15.8. The second-order valence-corrected chi connectivity index (χ2v) is 6.44. The van der Waals surface area contributed by atoms with Crippen LogP contribution in [0.25, 0.3) is 0 Å². The molecule has 0 spiro atoms. The first-order valence-electron chi connectivity index (χ1n) is 8.06. The van der Waals surface area contributed by atoms with Gasteiger partial charge in [0.2, 0.25) is 0 Å². The van der Waals surface area contributed by atoms with E-state index in [2.05, 4.69) is 77.5 Å². The Bertz CT molecular complexity index is 676. The molecule has 0 amide bonds. The number of rotatable bonds is 2. The third-order valence-electron chi connectivity index (χ3n) is 4.31. The number of nitrogens with one attached hydrogen (secondary N) is 1. The second-order valence-electron chi connectivity index (χ2n) is 6.06. The van der Waals surface area contributed by atoms with E-state index in [1.165, 1.54) is 16.8 Å². The summed E-state index contributed by atoms with van der Waals surface area (Å²) in [6.07, 6.45) is 0. The zero-order chi connectivity index (χ0) is 16.2. The summed E-state index contributed by atoms with van der Waals surface area (Å²) in [6.45, 7) is 8.12. The van der Waals surface area contributed by atoms with Crippen molar-refractivity contribution < 1.29 is 0 Å². The van der Waals surface area contributed by atoms with Gasteiger partial charge in [-0.25, -0.2) is 0 Å². The molecule has 1 saturated heterocycles. The lowest BCUT2D eigenvalue weighted by molar-refractivity contribution is 0.391. The molecule has 0 aromatic heterocycles. The summed E-state index contributed by atoms with van der Waals surface area (Å²) >= 11 is 5.60. The Balaban J connectivity index is 1.58. The quantitative estimate of drug-likeness (QED) is 0.846. The number of nitrogens with zero attached hydrogens (tertiary/aromatic N) is 2. The van der Waals surface area contributed by atoms with E-state index in [1.54, 1.807) is 0 Å². The predicted molar refractivity (Wildman–Crippen MR) is 102 cm³/mol. The molecular formula is C19H23N3S. The van der Waals surface area contributed by atoms with E-state index in [0.29, 0.717) is 0 Å². The van der Waals surface area contributed by atoms with Gasteiger partial charge in [-0.05, 0) is 49.8 Å². The zero-order valence-corrected chi connectivity index (χ0v) is 14.6. The molecular weight excluding hydrogens is 302 g/mol. The van der Waals surface area contributed by atoms with Gasteiger partial charge in [0, 0.05) is 37.6 Å². The van der Waals surface area contributed by atoms with Crippen LogP contribution in [0, 0.1) is 13.8 Å². The van der Waals surface area contributed by atoms with Crippen LogP contribution in [0.4, 0.5) is 11.4 Å². The SMILES string of the molecule is Cc1ccc(NC(=S)N2CCN(c3ccccc3)CC2)c(C)c1. The highest BCUT2D eigenvalue weighted by Crippen LogP contribution is 2.19. The minimum atomic E-state index is 0.824. The minimum absolute atomic E-state index is 0.824. The van der Waals surface area contributed by atoms with Crippen molar-refractivity contribution in [2.75, 3.05) is 36.4 Å². The second kappa shape index (κ2) is 7.01. The number of aryl methyl sites for hydroxylation is 2. The molecule has 0 unspecified atom stereocenters. The fourth-order valence-corrected chi connectivity index (χ4v) is 3.25. The van der Waals surface area contributed by atoms with Gasteiger partial charge in [0.25, 0.3) is 0 Å². The number of para-hydroxylation sites is 1. The van der Waals surface area contributed by atoms with Crippen molar-refractivity contribution in [1.29, 1.82) is 0 Å². The van der Waals surface area contributed by atoms with E-state index in [-0.39, 0.29) is 0 Å². The first-order valence-corrected chi connectivity index (χ1v) is 8.47. The molecule has 1 aliphatic rings. The van der Waals surface area contributed by atoms with E-state index < -0.39 is 0 Å². The lowest BCUT2D eigenvalue weighted by atomic mass is 10.1. The average molecular weight is 325 g/mol. The van der Waals surface area contributed by atoms with Crippen LogP contribution in [0.1, 0.15) is 11.1 Å². The van der Waals surface area contributed by atoms with Gasteiger partial charge in [-0.1, -0.05) is 35.9 Å². The Morgan fingerprint density at radius 1 is 0.957 bits per heavy atom. The maximum absolute atomic E-state index is 5.60. The monoisotopic (exact) mass is 325 g/mol. The number of piperazine rings is 1. The summed E-state index contributed by atoms with van der Waals surface area (Å²) in [7, 11) is 0. The summed E-state index contributed by atoms with van der Waals surface area (Å²) in [4.78, 5) is 4.67. The summed E-state index contributed by atoms with van der Waals surface area (Å²) in [5, 5.41) is 4.22. The Hall–Kier alpha value is -2.07. The first-order chi connectivity index (χ1) is 11.1. The smallest absolute Gasteiger partial charge is 0.173 e. The number of thiocarbonyl (C=S) groups is 1. The van der Waals surface area contributed by atoms with E-state index in [1.807, 2.05) is 0 Å². The van der Waals surface area contributed by atoms with Crippen molar-refractivity contribution in [1.82, 2.24) is 4.90 Å². The molecule has 1 heterocycles. The molecule has 4 heteroatoms. The molecule has 2 aromatic carbocycles. The van der Waals surface area contributed by atoms with Gasteiger partial charge in [0.15, 0.2) is 5.11 Å². The normalized spacial score (nSPS) is 14.7. The number of anilines is 2. The van der Waals surface area contributed by atoms with Crippen molar-refractivity contribution in [3.05, 3.63) is 59.7 Å². The Morgan fingerprint density at radius 3 is 2.30 bits per heavy atom. The third-order valence-corrected chi connectivity index (χ3v) is 4.67. The lowest BCUT2D eigenvalue weighted by Crippen LogP contribution is -2.50. The highest BCUT2D eigenvalue weighted by atomic mass is 32.1. The van der Waals surface area contributed by atoms with Gasteiger partial charge in [0.1, 0.15) is 0 Å². The molecule has 23 heavy (non-hydrogen) atoms. The van der Waals surface area contributed by atoms with Crippen LogP contribution < -0.4 is 10.2 Å². The van der Waals surface area contributed by atoms with Crippen LogP contribution in [0.3, 0.4) is 0 Å². The average Bonchev–Trinajstić information content (AvgIpc) is 2.58. The van der Waals surface area contributed by atoms with Crippen LogP contribution in [-0.2, 0) is 0 Å². The molecule has 120 valence electrons. The Labute approximate surface area is 143 Å². The van der Waals surface area contributed by atoms with E-state index in [9.17, 15) is 0 Å². The molecule has 0 atom stereocenters. The van der Waals surface area contributed by atoms with Crippen molar-refractivity contribution >= 4 is 28.7 Å². The minimum Gasteiger partial charge on any atom is -0.368 e. The van der Waals surface area contributed by atoms with Crippen LogP contribution in [0.15, 0.2) is 48.5 Å². The topological polar surface area (TPSA) is 18.5 Å². The van der Waals surface area contributed by atoms with Crippen LogP contribution >= 0.6 is 12.2 Å². The van der Waals surface area contributed by atoms with Crippen LogP contribution in [0.2, 0.25) is 0 Å². The van der Waals surface area contributed by atoms with E-state index >= 15 is 0 Å². The van der Waals surface area contributed by atoms with Crippen molar-refractivity contribution in [2.45, 2.75) is 13.8 Å². The highest BCUT2D eigenvalue weighted by molar-refractivity contribution is 7.80. The highest BCUT2D eigenvalue weighted by Gasteiger charge is 2.19. The van der Waals surface area contributed by atoms with Gasteiger partial charge in [-0.2, -0.15) is 0 Å². The van der Waals surface area contributed by atoms with Crippen molar-refractivity contribution in [2.24, 2.45) is 0 Å². The number of hydrogen-bond donors (Lipinski definition) is 1. The molecule has 2 aromatic rings. The molecule has 0 bridgehead atoms. The van der Waals surface area contributed by atoms with Gasteiger partial charge >= 0.3 is 0 Å². The van der Waals surface area contributed by atoms with Gasteiger partial charge < -0.3 is 15.1 Å². The van der Waals surface area contributed by atoms with Gasteiger partial charge in [0.05, 0.1) is 0 Å². The number of benzene rings is 2. The largest absolute Gasteiger partial charge is 0.368 e. The van der Waals surface area contributed by atoms with E-state index in [0.717, 1.165) is 37.0 Å². The Kier molecular flexibility index (Phi) is 4.82. The fraction of sp³-hybridized carbons (Fsp3) is 0.316. The van der Waals surface area contributed by atoms with Crippen LogP contribution in [0.5, 0.6) is 0 Å². The van der Waals surface area contributed by atoms with Crippen molar-refractivity contribution in [3.63, 3.8) is 0 Å².